The predicted molar refractivity (Wildman–Crippen MR) is 56.1 cm³/mol. The molecule has 1 aliphatic heterocycles. The number of benzene rings is 1. The maximum absolute atomic E-state index is 5.49. The lowest BCUT2D eigenvalue weighted by Gasteiger charge is -2.27. The molecule has 0 aromatic heterocycles. The van der Waals surface area contributed by atoms with E-state index in [0.717, 1.165) is 12.0 Å². The summed E-state index contributed by atoms with van der Waals surface area (Å²) in [5, 5.41) is 0. The van der Waals surface area contributed by atoms with Crippen molar-refractivity contribution < 1.29 is 14.2 Å². The van der Waals surface area contributed by atoms with E-state index in [1.165, 1.54) is 0 Å². The van der Waals surface area contributed by atoms with Crippen LogP contribution in [0, 0.1) is 0 Å². The third-order valence-electron chi connectivity index (χ3n) is 2.35. The van der Waals surface area contributed by atoms with Gasteiger partial charge < -0.3 is 14.2 Å². The van der Waals surface area contributed by atoms with Crippen LogP contribution in [0.15, 0.2) is 30.3 Å². The van der Waals surface area contributed by atoms with Gasteiger partial charge in [0.2, 0.25) is 0 Å². The molecule has 1 aliphatic rings. The van der Waals surface area contributed by atoms with Gasteiger partial charge in [-0.15, -0.1) is 0 Å². The molecule has 2 atom stereocenters. The summed E-state index contributed by atoms with van der Waals surface area (Å²) in [7, 11) is 0. The number of hydrogen-bond donors (Lipinski definition) is 0. The maximum Gasteiger partial charge on any atom is 0.272 e. The van der Waals surface area contributed by atoms with Gasteiger partial charge in [-0.25, -0.2) is 0 Å². The first-order chi connectivity index (χ1) is 7.34. The van der Waals surface area contributed by atoms with Crippen molar-refractivity contribution in [1.29, 1.82) is 0 Å². The van der Waals surface area contributed by atoms with Crippen LogP contribution in [0.3, 0.4) is 0 Å². The largest absolute Gasteiger partial charge is 0.330 e. The molecular formula is C12H16O3. The van der Waals surface area contributed by atoms with Crippen molar-refractivity contribution in [3.63, 3.8) is 0 Å². The van der Waals surface area contributed by atoms with E-state index >= 15 is 0 Å². The highest BCUT2D eigenvalue weighted by atomic mass is 16.8. The SMILES string of the molecule is C[C@H]1CCO[C@H](OCc2ccccc2)O1. The van der Waals surface area contributed by atoms with Crippen molar-refractivity contribution in [1.82, 2.24) is 0 Å². The topological polar surface area (TPSA) is 27.7 Å². The van der Waals surface area contributed by atoms with E-state index < -0.39 is 6.48 Å². The Hall–Kier alpha value is -0.900. The number of ether oxygens (including phenoxy) is 3. The van der Waals surface area contributed by atoms with Gasteiger partial charge in [0.25, 0.3) is 6.48 Å². The van der Waals surface area contributed by atoms with Gasteiger partial charge >= 0.3 is 0 Å². The van der Waals surface area contributed by atoms with Gasteiger partial charge in [0.05, 0.1) is 19.3 Å². The summed E-state index contributed by atoms with van der Waals surface area (Å²) in [5.41, 5.74) is 1.13. The predicted octanol–water partition coefficient (Wildman–Crippen LogP) is 2.31. The van der Waals surface area contributed by atoms with Crippen LogP contribution < -0.4 is 0 Å². The fourth-order valence-electron chi connectivity index (χ4n) is 1.45. The minimum absolute atomic E-state index is 0.222. The fourth-order valence-corrected chi connectivity index (χ4v) is 1.45. The quantitative estimate of drug-likeness (QED) is 0.763. The lowest BCUT2D eigenvalue weighted by Crippen LogP contribution is -2.32. The molecule has 1 aromatic rings. The van der Waals surface area contributed by atoms with Gasteiger partial charge in [0.15, 0.2) is 0 Å². The molecule has 0 saturated carbocycles. The molecular weight excluding hydrogens is 192 g/mol. The second-order valence-electron chi connectivity index (χ2n) is 3.69. The lowest BCUT2D eigenvalue weighted by molar-refractivity contribution is -0.332. The van der Waals surface area contributed by atoms with E-state index in [2.05, 4.69) is 0 Å². The van der Waals surface area contributed by atoms with Crippen molar-refractivity contribution in [2.24, 2.45) is 0 Å². The first-order valence-corrected chi connectivity index (χ1v) is 5.27. The molecule has 0 bridgehead atoms. The molecule has 0 spiro atoms. The molecule has 82 valence electrons. The number of rotatable bonds is 3. The summed E-state index contributed by atoms with van der Waals surface area (Å²) < 4.78 is 16.3. The Morgan fingerprint density at radius 3 is 2.87 bits per heavy atom. The third-order valence-corrected chi connectivity index (χ3v) is 2.35. The van der Waals surface area contributed by atoms with Gasteiger partial charge in [0.1, 0.15) is 0 Å². The third kappa shape index (κ3) is 3.30. The highest BCUT2D eigenvalue weighted by Gasteiger charge is 2.19. The Bertz CT molecular complexity index is 286. The van der Waals surface area contributed by atoms with E-state index in [-0.39, 0.29) is 6.10 Å². The van der Waals surface area contributed by atoms with E-state index in [4.69, 9.17) is 14.2 Å². The Kier molecular flexibility index (Phi) is 3.72. The monoisotopic (exact) mass is 208 g/mol. The van der Waals surface area contributed by atoms with Gasteiger partial charge in [-0.3, -0.25) is 0 Å². The lowest BCUT2D eigenvalue weighted by atomic mass is 10.2. The molecule has 1 aromatic carbocycles. The molecule has 0 amide bonds. The van der Waals surface area contributed by atoms with E-state index in [9.17, 15) is 0 Å². The molecule has 15 heavy (non-hydrogen) atoms. The van der Waals surface area contributed by atoms with Crippen LogP contribution >= 0.6 is 0 Å². The molecule has 0 aliphatic carbocycles. The van der Waals surface area contributed by atoms with Crippen LogP contribution in [0.2, 0.25) is 0 Å². The maximum atomic E-state index is 5.49. The molecule has 1 saturated heterocycles. The first-order valence-electron chi connectivity index (χ1n) is 5.27. The van der Waals surface area contributed by atoms with Gasteiger partial charge in [-0.1, -0.05) is 30.3 Å². The summed E-state index contributed by atoms with van der Waals surface area (Å²) in [6.45, 7) is 2.76. The normalized spacial score (nSPS) is 26.5. The minimum atomic E-state index is -0.506. The van der Waals surface area contributed by atoms with Crippen molar-refractivity contribution in [2.45, 2.75) is 32.5 Å². The van der Waals surface area contributed by atoms with Crippen LogP contribution in [-0.2, 0) is 20.8 Å². The summed E-state index contributed by atoms with van der Waals surface area (Å²) in [4.78, 5) is 0. The standard InChI is InChI=1S/C12H16O3/c1-10-7-8-13-12(15-10)14-9-11-5-3-2-4-6-11/h2-6,10,12H,7-9H2,1H3/t10-,12+/m0/s1. The zero-order valence-corrected chi connectivity index (χ0v) is 8.89. The van der Waals surface area contributed by atoms with E-state index in [1.54, 1.807) is 0 Å². The Morgan fingerprint density at radius 1 is 1.33 bits per heavy atom. The zero-order valence-electron chi connectivity index (χ0n) is 8.89. The molecule has 1 heterocycles. The fraction of sp³-hybridized carbons (Fsp3) is 0.500. The van der Waals surface area contributed by atoms with Crippen molar-refractivity contribution in [2.75, 3.05) is 6.61 Å². The highest BCUT2D eigenvalue weighted by Crippen LogP contribution is 2.14. The summed E-state index contributed by atoms with van der Waals surface area (Å²) >= 11 is 0. The van der Waals surface area contributed by atoms with Gasteiger partial charge in [0, 0.05) is 0 Å². The Morgan fingerprint density at radius 2 is 2.13 bits per heavy atom. The van der Waals surface area contributed by atoms with Crippen LogP contribution in [-0.4, -0.2) is 19.2 Å². The molecule has 1 fully saturated rings. The molecule has 3 heteroatoms. The Labute approximate surface area is 90.0 Å². The van der Waals surface area contributed by atoms with E-state index in [0.29, 0.717) is 13.2 Å². The molecule has 0 radical (unpaired) electrons. The second-order valence-corrected chi connectivity index (χ2v) is 3.69. The van der Waals surface area contributed by atoms with Gasteiger partial charge in [-0.2, -0.15) is 0 Å². The van der Waals surface area contributed by atoms with Crippen molar-refractivity contribution in [3.8, 4) is 0 Å². The van der Waals surface area contributed by atoms with Crippen LogP contribution in [0.1, 0.15) is 18.9 Å². The van der Waals surface area contributed by atoms with Crippen LogP contribution in [0.4, 0.5) is 0 Å². The minimum Gasteiger partial charge on any atom is -0.330 e. The van der Waals surface area contributed by atoms with Gasteiger partial charge in [-0.05, 0) is 18.9 Å². The molecule has 2 rings (SSSR count). The van der Waals surface area contributed by atoms with Crippen LogP contribution in [0.5, 0.6) is 0 Å². The average Bonchev–Trinajstić information content (AvgIpc) is 2.28. The highest BCUT2D eigenvalue weighted by molar-refractivity contribution is 5.13. The Balaban J connectivity index is 1.78. The van der Waals surface area contributed by atoms with E-state index in [1.807, 2.05) is 37.3 Å². The number of hydrogen-bond acceptors (Lipinski definition) is 3. The summed E-state index contributed by atoms with van der Waals surface area (Å²) in [5.74, 6) is 0. The zero-order chi connectivity index (χ0) is 10.5. The van der Waals surface area contributed by atoms with Crippen LogP contribution in [0.25, 0.3) is 0 Å². The van der Waals surface area contributed by atoms with Crippen molar-refractivity contribution in [3.05, 3.63) is 35.9 Å². The molecule has 3 nitrogen and oxygen atoms in total. The molecule has 0 N–H and O–H groups in total. The summed E-state index contributed by atoms with van der Waals surface area (Å²) in [6, 6.07) is 10.0. The van der Waals surface area contributed by atoms with Crippen molar-refractivity contribution >= 4 is 0 Å². The smallest absolute Gasteiger partial charge is 0.272 e. The summed E-state index contributed by atoms with van der Waals surface area (Å²) in [6.07, 6.45) is 1.16. The second kappa shape index (κ2) is 5.26. The first kappa shape index (κ1) is 10.6. The average molecular weight is 208 g/mol. The molecule has 0 unspecified atom stereocenters.